The average molecular weight is 290 g/mol. The molecule has 1 atom stereocenters. The highest BCUT2D eigenvalue weighted by Crippen LogP contribution is 2.23. The highest BCUT2D eigenvalue weighted by molar-refractivity contribution is 5.47. The summed E-state index contributed by atoms with van der Waals surface area (Å²) in [6.07, 6.45) is 3.44. The van der Waals surface area contributed by atoms with E-state index < -0.39 is 0 Å². The van der Waals surface area contributed by atoms with Crippen LogP contribution < -0.4 is 10.2 Å². The van der Waals surface area contributed by atoms with Crippen LogP contribution in [0.4, 0.5) is 5.69 Å². The molecule has 2 rings (SSSR count). The van der Waals surface area contributed by atoms with Crippen LogP contribution in [0.3, 0.4) is 0 Å². The largest absolute Gasteiger partial charge is 0.396 e. The maximum atomic E-state index is 9.20. The van der Waals surface area contributed by atoms with Crippen molar-refractivity contribution in [1.29, 1.82) is 0 Å². The van der Waals surface area contributed by atoms with E-state index in [2.05, 4.69) is 48.3 Å². The van der Waals surface area contributed by atoms with Crippen molar-refractivity contribution >= 4 is 5.69 Å². The van der Waals surface area contributed by atoms with E-state index in [0.29, 0.717) is 12.5 Å². The molecule has 0 aromatic heterocycles. The maximum absolute atomic E-state index is 9.20. The number of aliphatic hydroxyl groups is 1. The van der Waals surface area contributed by atoms with Gasteiger partial charge in [-0.3, -0.25) is 0 Å². The van der Waals surface area contributed by atoms with Crippen molar-refractivity contribution in [3.05, 3.63) is 29.8 Å². The van der Waals surface area contributed by atoms with Crippen LogP contribution in [0.25, 0.3) is 0 Å². The molecule has 0 amide bonds. The molecule has 0 radical (unpaired) electrons. The Morgan fingerprint density at radius 3 is 2.48 bits per heavy atom. The fraction of sp³-hybridized carbons (Fsp3) is 0.667. The smallest absolute Gasteiger partial charge is 0.0460 e. The van der Waals surface area contributed by atoms with Crippen molar-refractivity contribution in [1.82, 2.24) is 5.32 Å². The van der Waals surface area contributed by atoms with E-state index in [0.717, 1.165) is 44.9 Å². The third-order valence-corrected chi connectivity index (χ3v) is 4.69. The van der Waals surface area contributed by atoms with Gasteiger partial charge < -0.3 is 15.3 Å². The van der Waals surface area contributed by atoms with Crippen molar-refractivity contribution in [2.75, 3.05) is 31.1 Å². The van der Waals surface area contributed by atoms with Crippen LogP contribution in [0, 0.1) is 11.8 Å². The first-order valence-corrected chi connectivity index (χ1v) is 8.38. The lowest BCUT2D eigenvalue weighted by Crippen LogP contribution is -2.34. The zero-order valence-electron chi connectivity index (χ0n) is 13.5. The second-order valence-electron chi connectivity index (χ2n) is 6.42. The lowest BCUT2D eigenvalue weighted by atomic mass is 9.97. The maximum Gasteiger partial charge on any atom is 0.0460 e. The summed E-state index contributed by atoms with van der Waals surface area (Å²) in [6.45, 7) is 9.04. The Morgan fingerprint density at radius 1 is 1.24 bits per heavy atom. The van der Waals surface area contributed by atoms with Crippen LogP contribution in [0.1, 0.15) is 38.7 Å². The molecule has 3 heteroatoms. The highest BCUT2D eigenvalue weighted by atomic mass is 16.3. The fourth-order valence-corrected chi connectivity index (χ4v) is 2.81. The number of nitrogens with one attached hydrogen (secondary N) is 1. The van der Waals surface area contributed by atoms with Gasteiger partial charge in [-0.1, -0.05) is 32.4 Å². The minimum absolute atomic E-state index is 0.342. The predicted octanol–water partition coefficient (Wildman–Crippen LogP) is 3.03. The van der Waals surface area contributed by atoms with Gasteiger partial charge >= 0.3 is 0 Å². The van der Waals surface area contributed by atoms with Crippen molar-refractivity contribution in [2.24, 2.45) is 11.8 Å². The number of nitrogens with zero attached hydrogens (tertiary/aromatic N) is 1. The summed E-state index contributed by atoms with van der Waals surface area (Å²) < 4.78 is 0. The molecule has 1 aliphatic heterocycles. The minimum Gasteiger partial charge on any atom is -0.396 e. The van der Waals surface area contributed by atoms with Gasteiger partial charge in [0.05, 0.1) is 0 Å². The lowest BCUT2D eigenvalue weighted by molar-refractivity contribution is 0.203. The Balaban J connectivity index is 1.79. The van der Waals surface area contributed by atoms with Gasteiger partial charge in [0.2, 0.25) is 0 Å². The van der Waals surface area contributed by atoms with Crippen LogP contribution >= 0.6 is 0 Å². The number of aliphatic hydroxyl groups excluding tert-OH is 1. The first-order valence-electron chi connectivity index (χ1n) is 8.38. The van der Waals surface area contributed by atoms with E-state index >= 15 is 0 Å². The number of benzene rings is 1. The van der Waals surface area contributed by atoms with E-state index in [4.69, 9.17) is 0 Å². The molecule has 0 aliphatic carbocycles. The molecular formula is C18H30N2O. The average Bonchev–Trinajstić information content (AvgIpc) is 2.55. The first kappa shape index (κ1) is 16.3. The molecule has 1 fully saturated rings. The summed E-state index contributed by atoms with van der Waals surface area (Å²) >= 11 is 0. The Morgan fingerprint density at radius 2 is 1.90 bits per heavy atom. The molecular weight excluding hydrogens is 260 g/mol. The standard InChI is InChI=1S/C18H30N2O/c1-3-15(2)12-19-13-16-4-6-18(7-5-16)20-10-8-17(14-21)9-11-20/h4-7,15,17,19,21H,3,8-14H2,1-2H3. The van der Waals surface area contributed by atoms with Crippen molar-refractivity contribution in [3.8, 4) is 0 Å². The van der Waals surface area contributed by atoms with Crippen LogP contribution in [0.15, 0.2) is 24.3 Å². The second-order valence-corrected chi connectivity index (χ2v) is 6.42. The zero-order chi connectivity index (χ0) is 15.1. The molecule has 21 heavy (non-hydrogen) atoms. The van der Waals surface area contributed by atoms with Gasteiger partial charge in [-0.15, -0.1) is 0 Å². The third-order valence-electron chi connectivity index (χ3n) is 4.69. The summed E-state index contributed by atoms with van der Waals surface area (Å²) in [5, 5.41) is 12.7. The Bertz CT molecular complexity index is 396. The van der Waals surface area contributed by atoms with Gasteiger partial charge in [0, 0.05) is 31.9 Å². The number of hydrogen-bond acceptors (Lipinski definition) is 3. The summed E-state index contributed by atoms with van der Waals surface area (Å²) in [7, 11) is 0. The van der Waals surface area contributed by atoms with Crippen molar-refractivity contribution in [2.45, 2.75) is 39.7 Å². The van der Waals surface area contributed by atoms with Gasteiger partial charge in [-0.05, 0) is 48.9 Å². The summed E-state index contributed by atoms with van der Waals surface area (Å²) in [6, 6.07) is 8.94. The first-order chi connectivity index (χ1) is 10.2. The van der Waals surface area contributed by atoms with Gasteiger partial charge in [0.1, 0.15) is 0 Å². The molecule has 0 saturated carbocycles. The number of hydrogen-bond donors (Lipinski definition) is 2. The topological polar surface area (TPSA) is 35.5 Å². The monoisotopic (exact) mass is 290 g/mol. The number of piperidine rings is 1. The van der Waals surface area contributed by atoms with E-state index in [1.54, 1.807) is 0 Å². The van der Waals surface area contributed by atoms with Crippen molar-refractivity contribution < 1.29 is 5.11 Å². The number of anilines is 1. The Hall–Kier alpha value is -1.06. The van der Waals surface area contributed by atoms with E-state index in [9.17, 15) is 5.11 Å². The van der Waals surface area contributed by atoms with Gasteiger partial charge in [0.25, 0.3) is 0 Å². The fourth-order valence-electron chi connectivity index (χ4n) is 2.81. The summed E-state index contributed by atoms with van der Waals surface area (Å²) in [4.78, 5) is 2.43. The van der Waals surface area contributed by atoms with Crippen LogP contribution in [-0.4, -0.2) is 31.3 Å². The highest BCUT2D eigenvalue weighted by Gasteiger charge is 2.18. The van der Waals surface area contributed by atoms with E-state index in [1.807, 2.05) is 0 Å². The van der Waals surface area contributed by atoms with Crippen molar-refractivity contribution in [3.63, 3.8) is 0 Å². The summed E-state index contributed by atoms with van der Waals surface area (Å²) in [5.74, 6) is 1.25. The second kappa shape index (κ2) is 8.40. The minimum atomic E-state index is 0.342. The van der Waals surface area contributed by atoms with Crippen LogP contribution in [0.5, 0.6) is 0 Å². The molecule has 0 spiro atoms. The van der Waals surface area contributed by atoms with Gasteiger partial charge in [-0.25, -0.2) is 0 Å². The SMILES string of the molecule is CCC(C)CNCc1ccc(N2CCC(CO)CC2)cc1. The Kier molecular flexibility index (Phi) is 6.52. The number of rotatable bonds is 7. The Labute approximate surface area is 129 Å². The summed E-state index contributed by atoms with van der Waals surface area (Å²) in [5.41, 5.74) is 2.67. The molecule has 2 N–H and O–H groups in total. The molecule has 118 valence electrons. The molecule has 1 aromatic rings. The predicted molar refractivity (Wildman–Crippen MR) is 89.6 cm³/mol. The quantitative estimate of drug-likeness (QED) is 0.810. The zero-order valence-corrected chi connectivity index (χ0v) is 13.5. The normalized spacial score (nSPS) is 18.0. The van der Waals surface area contributed by atoms with Crippen LogP contribution in [0.2, 0.25) is 0 Å². The molecule has 1 heterocycles. The van der Waals surface area contributed by atoms with E-state index in [-0.39, 0.29) is 0 Å². The molecule has 1 aromatic carbocycles. The molecule has 0 bridgehead atoms. The van der Waals surface area contributed by atoms with Crippen LogP contribution in [-0.2, 0) is 6.54 Å². The molecule has 1 unspecified atom stereocenters. The van der Waals surface area contributed by atoms with E-state index in [1.165, 1.54) is 17.7 Å². The molecule has 1 saturated heterocycles. The van der Waals surface area contributed by atoms with Gasteiger partial charge in [-0.2, -0.15) is 0 Å². The molecule has 3 nitrogen and oxygen atoms in total. The lowest BCUT2D eigenvalue weighted by Gasteiger charge is -2.33. The van der Waals surface area contributed by atoms with Gasteiger partial charge in [0.15, 0.2) is 0 Å². The molecule has 1 aliphatic rings. The third kappa shape index (κ3) is 5.01.